The summed E-state index contributed by atoms with van der Waals surface area (Å²) in [6.07, 6.45) is 4.54. The predicted octanol–water partition coefficient (Wildman–Crippen LogP) is 1.93. The molecule has 0 aliphatic heterocycles. The van der Waals surface area contributed by atoms with Gasteiger partial charge in [0.2, 0.25) is 5.91 Å². The van der Waals surface area contributed by atoms with Gasteiger partial charge in [-0.2, -0.15) is 0 Å². The Morgan fingerprint density at radius 1 is 1.38 bits per heavy atom. The van der Waals surface area contributed by atoms with Crippen LogP contribution in [0, 0.1) is 11.8 Å². The van der Waals surface area contributed by atoms with Crippen LogP contribution in [0.5, 0.6) is 0 Å². The number of hydrogen-bond donors (Lipinski definition) is 2. The molecule has 2 unspecified atom stereocenters. The van der Waals surface area contributed by atoms with Gasteiger partial charge in [0.1, 0.15) is 0 Å². The molecule has 1 saturated carbocycles. The molecule has 1 amide bonds. The van der Waals surface area contributed by atoms with Gasteiger partial charge in [0.05, 0.1) is 0 Å². The standard InChI is InChI=1S/C13H26N2O/c1-10(2)9-15-13(16)7-8-14-12-6-4-5-11(12)3/h10-12,14H,4-9H2,1-3H3,(H,15,16). The summed E-state index contributed by atoms with van der Waals surface area (Å²) in [6, 6.07) is 0.637. The molecule has 0 radical (unpaired) electrons. The summed E-state index contributed by atoms with van der Waals surface area (Å²) in [7, 11) is 0. The van der Waals surface area contributed by atoms with Crippen molar-refractivity contribution in [2.45, 2.75) is 52.5 Å². The Morgan fingerprint density at radius 3 is 2.69 bits per heavy atom. The van der Waals surface area contributed by atoms with Crippen LogP contribution >= 0.6 is 0 Å². The van der Waals surface area contributed by atoms with Gasteiger partial charge in [-0.25, -0.2) is 0 Å². The van der Waals surface area contributed by atoms with Crippen LogP contribution in [-0.2, 0) is 4.79 Å². The highest BCUT2D eigenvalue weighted by Crippen LogP contribution is 2.24. The maximum Gasteiger partial charge on any atom is 0.221 e. The lowest BCUT2D eigenvalue weighted by Gasteiger charge is -2.17. The molecule has 16 heavy (non-hydrogen) atoms. The van der Waals surface area contributed by atoms with E-state index in [1.807, 2.05) is 0 Å². The van der Waals surface area contributed by atoms with Crippen LogP contribution in [0.15, 0.2) is 0 Å². The average molecular weight is 226 g/mol. The van der Waals surface area contributed by atoms with Gasteiger partial charge in [-0.05, 0) is 24.7 Å². The zero-order valence-corrected chi connectivity index (χ0v) is 10.9. The second-order valence-electron chi connectivity index (χ2n) is 5.42. The van der Waals surface area contributed by atoms with Crippen LogP contribution in [0.3, 0.4) is 0 Å². The SMILES string of the molecule is CC(C)CNC(=O)CCNC1CCCC1C. The molecule has 0 bridgehead atoms. The van der Waals surface area contributed by atoms with Gasteiger partial charge in [-0.1, -0.05) is 27.2 Å². The first kappa shape index (κ1) is 13.5. The van der Waals surface area contributed by atoms with Gasteiger partial charge >= 0.3 is 0 Å². The lowest BCUT2D eigenvalue weighted by molar-refractivity contribution is -0.121. The van der Waals surface area contributed by atoms with E-state index in [2.05, 4.69) is 31.4 Å². The number of amides is 1. The highest BCUT2D eigenvalue weighted by atomic mass is 16.1. The fourth-order valence-electron chi connectivity index (χ4n) is 2.23. The third-order valence-corrected chi connectivity index (χ3v) is 3.33. The molecular weight excluding hydrogens is 200 g/mol. The Labute approximate surface area is 99.4 Å². The van der Waals surface area contributed by atoms with Gasteiger partial charge in [0, 0.05) is 25.6 Å². The van der Waals surface area contributed by atoms with E-state index < -0.39 is 0 Å². The lowest BCUT2D eigenvalue weighted by Crippen LogP contribution is -2.35. The lowest BCUT2D eigenvalue weighted by atomic mass is 10.1. The van der Waals surface area contributed by atoms with Crippen LogP contribution in [0.4, 0.5) is 0 Å². The first-order valence-corrected chi connectivity index (χ1v) is 6.59. The quantitative estimate of drug-likeness (QED) is 0.726. The van der Waals surface area contributed by atoms with Crippen molar-refractivity contribution in [1.82, 2.24) is 10.6 Å². The van der Waals surface area contributed by atoms with Crippen molar-refractivity contribution in [2.75, 3.05) is 13.1 Å². The molecule has 0 aromatic carbocycles. The van der Waals surface area contributed by atoms with Gasteiger partial charge in [0.15, 0.2) is 0 Å². The first-order chi connectivity index (χ1) is 7.59. The van der Waals surface area contributed by atoms with Crippen molar-refractivity contribution in [3.63, 3.8) is 0 Å². The van der Waals surface area contributed by atoms with Gasteiger partial charge < -0.3 is 10.6 Å². The van der Waals surface area contributed by atoms with Gasteiger partial charge in [-0.15, -0.1) is 0 Å². The number of hydrogen-bond acceptors (Lipinski definition) is 2. The van der Waals surface area contributed by atoms with Crippen LogP contribution in [0.25, 0.3) is 0 Å². The van der Waals surface area contributed by atoms with Crippen molar-refractivity contribution in [3.05, 3.63) is 0 Å². The Bertz CT molecular complexity index is 216. The van der Waals surface area contributed by atoms with E-state index in [0.717, 1.165) is 19.0 Å². The molecule has 0 heterocycles. The minimum absolute atomic E-state index is 0.173. The molecule has 1 fully saturated rings. The molecule has 0 aromatic heterocycles. The molecule has 3 nitrogen and oxygen atoms in total. The molecular formula is C13H26N2O. The summed E-state index contributed by atoms with van der Waals surface area (Å²) in [5.41, 5.74) is 0. The Hall–Kier alpha value is -0.570. The number of rotatable bonds is 6. The van der Waals surface area contributed by atoms with Crippen LogP contribution in [-0.4, -0.2) is 25.0 Å². The van der Waals surface area contributed by atoms with Crippen molar-refractivity contribution in [1.29, 1.82) is 0 Å². The van der Waals surface area contributed by atoms with Crippen LogP contribution in [0.1, 0.15) is 46.5 Å². The van der Waals surface area contributed by atoms with E-state index in [0.29, 0.717) is 18.4 Å². The molecule has 3 heteroatoms. The fraction of sp³-hybridized carbons (Fsp3) is 0.923. The Morgan fingerprint density at radius 2 is 2.12 bits per heavy atom. The molecule has 2 atom stereocenters. The Balaban J connectivity index is 2.04. The average Bonchev–Trinajstić information content (AvgIpc) is 2.61. The van der Waals surface area contributed by atoms with Crippen molar-refractivity contribution in [3.8, 4) is 0 Å². The minimum atomic E-state index is 0.173. The smallest absolute Gasteiger partial charge is 0.221 e. The first-order valence-electron chi connectivity index (χ1n) is 6.59. The van der Waals surface area contributed by atoms with Gasteiger partial charge in [-0.3, -0.25) is 4.79 Å². The molecule has 0 spiro atoms. The van der Waals surface area contributed by atoms with Crippen molar-refractivity contribution >= 4 is 5.91 Å². The summed E-state index contributed by atoms with van der Waals surface area (Å²) in [4.78, 5) is 11.5. The van der Waals surface area contributed by atoms with Crippen molar-refractivity contribution in [2.24, 2.45) is 11.8 Å². The Kier molecular flexibility index (Phi) is 5.81. The van der Waals surface area contributed by atoms with E-state index in [1.54, 1.807) is 0 Å². The molecule has 2 N–H and O–H groups in total. The zero-order valence-electron chi connectivity index (χ0n) is 10.9. The van der Waals surface area contributed by atoms with Gasteiger partial charge in [0.25, 0.3) is 0 Å². The van der Waals surface area contributed by atoms with Crippen LogP contribution in [0.2, 0.25) is 0 Å². The summed E-state index contributed by atoms with van der Waals surface area (Å²) in [5.74, 6) is 1.48. The fourth-order valence-corrected chi connectivity index (χ4v) is 2.23. The molecule has 1 aliphatic rings. The number of carbonyl (C=O) groups excluding carboxylic acids is 1. The van der Waals surface area contributed by atoms with E-state index in [9.17, 15) is 4.79 Å². The van der Waals surface area contributed by atoms with E-state index in [4.69, 9.17) is 0 Å². The summed E-state index contributed by atoms with van der Waals surface area (Å²) < 4.78 is 0. The molecule has 1 rings (SSSR count). The summed E-state index contributed by atoms with van der Waals surface area (Å²) in [5, 5.41) is 6.43. The summed E-state index contributed by atoms with van der Waals surface area (Å²) in [6.45, 7) is 8.12. The highest BCUT2D eigenvalue weighted by Gasteiger charge is 2.22. The van der Waals surface area contributed by atoms with Crippen molar-refractivity contribution < 1.29 is 4.79 Å². The second kappa shape index (κ2) is 6.89. The minimum Gasteiger partial charge on any atom is -0.356 e. The normalized spacial score (nSPS) is 25.0. The molecule has 1 aliphatic carbocycles. The summed E-state index contributed by atoms with van der Waals surface area (Å²) >= 11 is 0. The number of nitrogens with one attached hydrogen (secondary N) is 2. The monoisotopic (exact) mass is 226 g/mol. The molecule has 94 valence electrons. The van der Waals surface area contributed by atoms with E-state index in [-0.39, 0.29) is 5.91 Å². The molecule has 0 aromatic rings. The predicted molar refractivity (Wildman–Crippen MR) is 67.3 cm³/mol. The third-order valence-electron chi connectivity index (χ3n) is 3.33. The third kappa shape index (κ3) is 4.97. The maximum atomic E-state index is 11.5. The highest BCUT2D eigenvalue weighted by molar-refractivity contribution is 5.76. The van der Waals surface area contributed by atoms with E-state index >= 15 is 0 Å². The number of carbonyl (C=O) groups is 1. The maximum absolute atomic E-state index is 11.5. The largest absolute Gasteiger partial charge is 0.356 e. The second-order valence-corrected chi connectivity index (χ2v) is 5.42. The zero-order chi connectivity index (χ0) is 12.0. The van der Waals surface area contributed by atoms with Crippen LogP contribution < -0.4 is 10.6 Å². The molecule has 0 saturated heterocycles. The van der Waals surface area contributed by atoms with E-state index in [1.165, 1.54) is 19.3 Å². The topological polar surface area (TPSA) is 41.1 Å².